The van der Waals surface area contributed by atoms with Gasteiger partial charge in [-0.05, 0) is 34.7 Å². The van der Waals surface area contributed by atoms with Gasteiger partial charge >= 0.3 is 0 Å². The lowest BCUT2D eigenvalue weighted by molar-refractivity contribution is 0.0823. The first-order valence-corrected chi connectivity index (χ1v) is 8.02. The van der Waals surface area contributed by atoms with Crippen LogP contribution in [-0.2, 0) is 0 Å². The maximum absolute atomic E-state index is 14.9. The number of hydrogen-bond donors (Lipinski definition) is 1. The Kier molecular flexibility index (Phi) is 4.14. The van der Waals surface area contributed by atoms with Crippen LogP contribution in [-0.4, -0.2) is 29.9 Å². The Balaban J connectivity index is 2.33. The number of amides is 1. The Bertz CT molecular complexity index is 895. The fraction of sp³-hybridized carbons (Fsp3) is 0.250. The highest BCUT2D eigenvalue weighted by atomic mass is 19.1. The number of carbonyl (C=O) groups excluding carboxylic acids is 1. The van der Waals surface area contributed by atoms with E-state index in [1.807, 2.05) is 50.2 Å². The number of nitrogens with zero attached hydrogens (tertiary/aromatic N) is 1. The van der Waals surface area contributed by atoms with E-state index in [4.69, 9.17) is 0 Å². The van der Waals surface area contributed by atoms with Crippen LogP contribution in [0.15, 0.2) is 42.5 Å². The van der Waals surface area contributed by atoms with Gasteiger partial charge in [0.2, 0.25) is 0 Å². The Hall–Kier alpha value is -2.62. The van der Waals surface area contributed by atoms with Crippen molar-refractivity contribution >= 4 is 16.8 Å². The molecule has 1 heterocycles. The Labute approximate surface area is 141 Å². The third-order valence-corrected chi connectivity index (χ3v) is 4.22. The summed E-state index contributed by atoms with van der Waals surface area (Å²) in [5.41, 5.74) is 3.38. The second-order valence-corrected chi connectivity index (χ2v) is 6.52. The molecular formula is C20H21FN2O. The van der Waals surface area contributed by atoms with Crippen molar-refractivity contribution in [1.29, 1.82) is 0 Å². The number of halogens is 1. The lowest BCUT2D eigenvalue weighted by Gasteiger charge is -2.12. The molecule has 3 aromatic rings. The van der Waals surface area contributed by atoms with E-state index in [2.05, 4.69) is 4.98 Å². The van der Waals surface area contributed by atoms with E-state index >= 15 is 0 Å². The molecule has 0 unspecified atom stereocenters. The molecule has 0 aliphatic heterocycles. The third kappa shape index (κ3) is 2.68. The van der Waals surface area contributed by atoms with Crippen molar-refractivity contribution in [1.82, 2.24) is 9.88 Å². The minimum absolute atomic E-state index is 0.0492. The molecule has 24 heavy (non-hydrogen) atoms. The van der Waals surface area contributed by atoms with Crippen LogP contribution in [0.25, 0.3) is 22.0 Å². The van der Waals surface area contributed by atoms with Gasteiger partial charge in [0.25, 0.3) is 5.91 Å². The first kappa shape index (κ1) is 16.2. The summed E-state index contributed by atoms with van der Waals surface area (Å²) in [5.74, 6) is -0.402. The average molecular weight is 324 g/mol. The summed E-state index contributed by atoms with van der Waals surface area (Å²) in [6.45, 7) is 3.93. The van der Waals surface area contributed by atoms with Crippen molar-refractivity contribution < 1.29 is 9.18 Å². The summed E-state index contributed by atoms with van der Waals surface area (Å²) in [6, 6.07) is 13.5. The van der Waals surface area contributed by atoms with Crippen molar-refractivity contribution in [3.63, 3.8) is 0 Å². The van der Waals surface area contributed by atoms with Gasteiger partial charge in [0.05, 0.1) is 5.52 Å². The van der Waals surface area contributed by atoms with Crippen molar-refractivity contribution in [3.8, 4) is 11.1 Å². The Morgan fingerprint density at radius 2 is 1.79 bits per heavy atom. The van der Waals surface area contributed by atoms with Crippen LogP contribution < -0.4 is 0 Å². The highest BCUT2D eigenvalue weighted by molar-refractivity contribution is 6.03. The molecule has 3 rings (SSSR count). The largest absolute Gasteiger partial charge is 0.348 e. The molecule has 4 heteroatoms. The van der Waals surface area contributed by atoms with Crippen molar-refractivity contribution in [2.75, 3.05) is 14.1 Å². The molecule has 0 aliphatic rings. The second kappa shape index (κ2) is 6.11. The number of nitrogens with one attached hydrogen (secondary N) is 1. The number of rotatable bonds is 3. The van der Waals surface area contributed by atoms with Gasteiger partial charge in [-0.2, -0.15) is 0 Å². The summed E-state index contributed by atoms with van der Waals surface area (Å²) in [5, 5.41) is 0.730. The predicted octanol–water partition coefficient (Wildman–Crippen LogP) is 4.80. The molecule has 0 fully saturated rings. The van der Waals surface area contributed by atoms with Crippen LogP contribution in [0.1, 0.15) is 35.8 Å². The molecule has 1 aromatic heterocycles. The zero-order valence-corrected chi connectivity index (χ0v) is 14.4. The van der Waals surface area contributed by atoms with E-state index in [9.17, 15) is 9.18 Å². The van der Waals surface area contributed by atoms with E-state index in [0.717, 1.165) is 16.5 Å². The smallest absolute Gasteiger partial charge is 0.269 e. The monoisotopic (exact) mass is 324 g/mol. The molecular weight excluding hydrogens is 303 g/mol. The predicted molar refractivity (Wildman–Crippen MR) is 95.8 cm³/mol. The van der Waals surface area contributed by atoms with Gasteiger partial charge in [-0.1, -0.05) is 44.2 Å². The van der Waals surface area contributed by atoms with E-state index in [-0.39, 0.29) is 17.6 Å². The fourth-order valence-electron chi connectivity index (χ4n) is 2.91. The van der Waals surface area contributed by atoms with Crippen molar-refractivity contribution in [3.05, 3.63) is 59.5 Å². The molecule has 3 nitrogen and oxygen atoms in total. The Morgan fingerprint density at radius 1 is 1.12 bits per heavy atom. The van der Waals surface area contributed by atoms with Crippen LogP contribution in [0.3, 0.4) is 0 Å². The fourth-order valence-corrected chi connectivity index (χ4v) is 2.91. The first-order chi connectivity index (χ1) is 11.4. The molecule has 0 aliphatic carbocycles. The second-order valence-electron chi connectivity index (χ2n) is 6.52. The highest BCUT2D eigenvalue weighted by Gasteiger charge is 2.20. The molecule has 0 bridgehead atoms. The van der Waals surface area contributed by atoms with Crippen molar-refractivity contribution in [2.45, 2.75) is 19.8 Å². The van der Waals surface area contributed by atoms with Crippen LogP contribution >= 0.6 is 0 Å². The number of aromatic amines is 1. The summed E-state index contributed by atoms with van der Waals surface area (Å²) in [6.07, 6.45) is 0. The number of carbonyl (C=O) groups is 1. The van der Waals surface area contributed by atoms with Gasteiger partial charge in [-0.3, -0.25) is 4.79 Å². The molecule has 0 saturated carbocycles. The van der Waals surface area contributed by atoms with Gasteiger partial charge in [-0.25, -0.2) is 4.39 Å². The van der Waals surface area contributed by atoms with Crippen LogP contribution in [0.4, 0.5) is 4.39 Å². The van der Waals surface area contributed by atoms with Gasteiger partial charge in [0, 0.05) is 19.5 Å². The van der Waals surface area contributed by atoms with E-state index in [0.29, 0.717) is 16.8 Å². The van der Waals surface area contributed by atoms with E-state index in [1.54, 1.807) is 20.2 Å². The maximum Gasteiger partial charge on any atom is 0.269 e. The normalized spacial score (nSPS) is 11.2. The number of fused-ring (bicyclic) bond motifs is 1. The molecule has 0 spiro atoms. The summed E-state index contributed by atoms with van der Waals surface area (Å²) >= 11 is 0. The summed E-state index contributed by atoms with van der Waals surface area (Å²) < 4.78 is 14.9. The molecule has 0 saturated heterocycles. The van der Waals surface area contributed by atoms with Gasteiger partial charge in [0.15, 0.2) is 5.82 Å². The van der Waals surface area contributed by atoms with Gasteiger partial charge in [-0.15, -0.1) is 0 Å². The van der Waals surface area contributed by atoms with E-state index in [1.165, 1.54) is 4.90 Å². The quantitative estimate of drug-likeness (QED) is 0.738. The molecule has 124 valence electrons. The van der Waals surface area contributed by atoms with E-state index < -0.39 is 0 Å². The zero-order chi connectivity index (χ0) is 17.4. The standard InChI is InChI=1S/C20H21FN2O/c1-12(2)14-10-15(13-8-6-5-7-9-13)16-11-17(20(24)23(3)4)22-19(16)18(14)21/h5-12,22H,1-4H3. The maximum atomic E-state index is 14.9. The third-order valence-electron chi connectivity index (χ3n) is 4.22. The molecule has 1 N–H and O–H groups in total. The van der Waals surface area contributed by atoms with Crippen molar-refractivity contribution in [2.24, 2.45) is 0 Å². The number of H-pyrrole nitrogens is 1. The van der Waals surface area contributed by atoms with Gasteiger partial charge < -0.3 is 9.88 Å². The summed E-state index contributed by atoms with van der Waals surface area (Å²) in [7, 11) is 3.36. The van der Waals surface area contributed by atoms with Crippen LogP contribution in [0.5, 0.6) is 0 Å². The van der Waals surface area contributed by atoms with Crippen LogP contribution in [0.2, 0.25) is 0 Å². The summed E-state index contributed by atoms with van der Waals surface area (Å²) in [4.78, 5) is 16.7. The minimum Gasteiger partial charge on any atom is -0.348 e. The Morgan fingerprint density at radius 3 is 2.38 bits per heavy atom. The molecule has 1 amide bonds. The topological polar surface area (TPSA) is 36.1 Å². The highest BCUT2D eigenvalue weighted by Crippen LogP contribution is 2.35. The van der Waals surface area contributed by atoms with Crippen LogP contribution in [0, 0.1) is 5.82 Å². The average Bonchev–Trinajstić information content (AvgIpc) is 3.00. The lowest BCUT2D eigenvalue weighted by Crippen LogP contribution is -2.21. The number of aromatic nitrogens is 1. The first-order valence-electron chi connectivity index (χ1n) is 8.02. The zero-order valence-electron chi connectivity index (χ0n) is 14.4. The molecule has 0 atom stereocenters. The molecule has 2 aromatic carbocycles. The number of hydrogen-bond acceptors (Lipinski definition) is 1. The molecule has 0 radical (unpaired) electrons. The SMILES string of the molecule is CC(C)c1cc(-c2ccccc2)c2cc(C(=O)N(C)C)[nH]c2c1F. The van der Waals surface area contributed by atoms with Gasteiger partial charge in [0.1, 0.15) is 5.69 Å². The number of benzene rings is 2. The minimum atomic E-state index is -0.280. The lowest BCUT2D eigenvalue weighted by atomic mass is 9.94.